The van der Waals surface area contributed by atoms with E-state index in [0.717, 1.165) is 38.6 Å². The summed E-state index contributed by atoms with van der Waals surface area (Å²) in [5.41, 5.74) is 11.6. The highest BCUT2D eigenvalue weighted by molar-refractivity contribution is 6.08. The zero-order valence-corrected chi connectivity index (χ0v) is 31.0. The lowest BCUT2D eigenvalue weighted by Crippen LogP contribution is -2.38. The number of nitrogens with zero attached hydrogens (tertiary/aromatic N) is 3. The van der Waals surface area contributed by atoms with E-state index in [-0.39, 0.29) is 42.9 Å². The molecule has 2 rings (SSSR count). The molecule has 2 unspecified atom stereocenters. The maximum absolute atomic E-state index is 14.2. The Kier molecular flexibility index (Phi) is 23.4. The van der Waals surface area contributed by atoms with Gasteiger partial charge >= 0.3 is 0 Å². The molecule has 1 aromatic rings. The van der Waals surface area contributed by atoms with E-state index in [2.05, 4.69) is 64.7 Å². The first-order valence-corrected chi connectivity index (χ1v) is 17.7. The number of carbonyl (C=O) groups is 3. The third-order valence-electron chi connectivity index (χ3n) is 8.58. The van der Waals surface area contributed by atoms with Crippen molar-refractivity contribution >= 4 is 23.3 Å². The summed E-state index contributed by atoms with van der Waals surface area (Å²) in [7, 11) is 0. The molecule has 0 bridgehead atoms. The van der Waals surface area contributed by atoms with Gasteiger partial charge in [0.15, 0.2) is 5.78 Å². The van der Waals surface area contributed by atoms with Crippen molar-refractivity contribution in [2.24, 2.45) is 16.6 Å². The first kappa shape index (κ1) is 43.9. The predicted octanol–water partition coefficient (Wildman–Crippen LogP) is 7.06. The number of aliphatic imine (C=N–C) groups is 1. The van der Waals surface area contributed by atoms with Gasteiger partial charge in [-0.25, -0.2) is 4.39 Å². The van der Waals surface area contributed by atoms with Crippen molar-refractivity contribution in [2.45, 2.75) is 126 Å². The molecule has 268 valence electrons. The molecule has 3 N–H and O–H groups in total. The maximum atomic E-state index is 14.2. The fourth-order valence-electron chi connectivity index (χ4n) is 4.96. The zero-order chi connectivity index (χ0) is 35.9. The Morgan fingerprint density at radius 3 is 1.96 bits per heavy atom. The molecular weight excluding hydrogens is 595 g/mol. The molecule has 1 saturated carbocycles. The van der Waals surface area contributed by atoms with E-state index < -0.39 is 6.17 Å². The Labute approximate surface area is 285 Å². The van der Waals surface area contributed by atoms with Crippen molar-refractivity contribution in [3.05, 3.63) is 46.2 Å². The summed E-state index contributed by atoms with van der Waals surface area (Å²) in [6.45, 7) is 21.0. The van der Waals surface area contributed by atoms with Gasteiger partial charge in [-0.05, 0) is 81.9 Å². The summed E-state index contributed by atoms with van der Waals surface area (Å²) in [5, 5.41) is 7.99. The second kappa shape index (κ2) is 25.0. The van der Waals surface area contributed by atoms with Crippen LogP contribution in [0, 0.1) is 26.7 Å². The summed E-state index contributed by atoms with van der Waals surface area (Å²) in [5.74, 6) is 0.198. The Bertz CT molecular complexity index is 1120. The van der Waals surface area contributed by atoms with E-state index in [1.807, 2.05) is 18.7 Å². The first-order valence-electron chi connectivity index (χ1n) is 17.7. The van der Waals surface area contributed by atoms with Gasteiger partial charge in [-0.2, -0.15) is 0 Å². The van der Waals surface area contributed by atoms with Crippen molar-refractivity contribution in [1.29, 1.82) is 0 Å². The second-order valence-corrected chi connectivity index (χ2v) is 12.5. The summed E-state index contributed by atoms with van der Waals surface area (Å²) in [6.07, 6.45) is 4.86. The van der Waals surface area contributed by atoms with Gasteiger partial charge in [0.05, 0.1) is 0 Å². The number of Topliss-reactive ketones (excluding diaryl/α,β-unsaturated/α-hetero) is 1. The zero-order valence-electron chi connectivity index (χ0n) is 31.0. The number of ketones is 1. The lowest BCUT2D eigenvalue weighted by Gasteiger charge is -2.27. The first-order chi connectivity index (χ1) is 22.3. The highest BCUT2D eigenvalue weighted by atomic mass is 19.1. The number of allylic oxidation sites excluding steroid dienone is 1. The van der Waals surface area contributed by atoms with Crippen LogP contribution in [0.25, 0.3) is 0 Å². The molecule has 0 heterocycles. The van der Waals surface area contributed by atoms with E-state index in [1.165, 1.54) is 16.7 Å². The van der Waals surface area contributed by atoms with E-state index in [1.54, 1.807) is 11.8 Å². The third-order valence-corrected chi connectivity index (χ3v) is 8.58. The number of hydrogen-bond donors (Lipinski definition) is 2. The number of benzene rings is 1. The Morgan fingerprint density at radius 2 is 1.51 bits per heavy atom. The molecule has 0 saturated heterocycles. The molecule has 1 aliphatic carbocycles. The van der Waals surface area contributed by atoms with Gasteiger partial charge in [-0.15, -0.1) is 0 Å². The SMILES string of the molecule is CCC(=O)CO.CCCN(CCC(C)CC)C(=O)CN=C1CCC(F)C/C1=C(/N)C(=O)N(CCC)CCC.Cc1cccc(C)c1C. The Hall–Kier alpha value is -3.07. The van der Waals surface area contributed by atoms with E-state index >= 15 is 0 Å². The van der Waals surface area contributed by atoms with Crippen molar-refractivity contribution in [2.75, 3.05) is 39.3 Å². The maximum Gasteiger partial charge on any atom is 0.270 e. The minimum atomic E-state index is -1.04. The molecule has 2 amide bonds. The monoisotopic (exact) mass is 660 g/mol. The summed E-state index contributed by atoms with van der Waals surface area (Å²) in [4.78, 5) is 43.9. The number of carbonyl (C=O) groups excluding carboxylic acids is 3. The normalized spacial score (nSPS) is 16.7. The molecule has 1 aromatic carbocycles. The number of rotatable bonds is 15. The van der Waals surface area contributed by atoms with Crippen LogP contribution < -0.4 is 5.73 Å². The van der Waals surface area contributed by atoms with Crippen LogP contribution in [-0.2, 0) is 14.4 Å². The molecule has 47 heavy (non-hydrogen) atoms. The molecule has 0 aliphatic heterocycles. The standard InChI is InChI=1S/C25H45FN4O2.C9H12.C4H8O2/c1-6-13-29(16-12-19(5)9-4)23(31)18-28-22-11-10-20(26)17-21(22)24(27)25(32)30(14-7-2)15-8-3;1-7-5-4-6-8(2)9(7)3;1-2-4(6)3-5/h19-20H,6-18,27H2,1-5H3;4-6H,1-3H3;5H,2-3H2,1H3/b24-21-,28-22?;;. The smallest absolute Gasteiger partial charge is 0.270 e. The lowest BCUT2D eigenvalue weighted by atomic mass is 9.89. The number of aliphatic hydroxyl groups excluding tert-OH is 1. The van der Waals surface area contributed by atoms with E-state index in [9.17, 15) is 18.8 Å². The van der Waals surface area contributed by atoms with Gasteiger partial charge in [0.25, 0.3) is 5.91 Å². The van der Waals surface area contributed by atoms with Gasteiger partial charge < -0.3 is 20.6 Å². The van der Waals surface area contributed by atoms with Crippen molar-refractivity contribution in [3.63, 3.8) is 0 Å². The molecule has 8 nitrogen and oxygen atoms in total. The average Bonchev–Trinajstić information content (AvgIpc) is 3.07. The van der Waals surface area contributed by atoms with Crippen molar-refractivity contribution < 1.29 is 23.9 Å². The van der Waals surface area contributed by atoms with Gasteiger partial charge in [0.2, 0.25) is 5.91 Å². The minimum Gasteiger partial charge on any atom is -0.394 e. The van der Waals surface area contributed by atoms with Crippen molar-refractivity contribution in [1.82, 2.24) is 9.80 Å². The van der Waals surface area contributed by atoms with Crippen LogP contribution in [0.5, 0.6) is 0 Å². The largest absolute Gasteiger partial charge is 0.394 e. The summed E-state index contributed by atoms with van der Waals surface area (Å²) in [6, 6.07) is 6.38. The van der Waals surface area contributed by atoms with Crippen LogP contribution in [-0.4, -0.2) is 83.7 Å². The van der Waals surface area contributed by atoms with Crippen molar-refractivity contribution in [3.8, 4) is 0 Å². The molecule has 1 fully saturated rings. The molecule has 9 heteroatoms. The topological polar surface area (TPSA) is 116 Å². The Balaban J connectivity index is 0.00000115. The molecule has 1 aliphatic rings. The average molecular weight is 661 g/mol. The number of aryl methyl sites for hydroxylation is 2. The van der Waals surface area contributed by atoms with Gasteiger partial charge in [0.1, 0.15) is 25.0 Å². The van der Waals surface area contributed by atoms with Gasteiger partial charge in [-0.3, -0.25) is 19.4 Å². The number of nitrogens with two attached hydrogens (primary N) is 1. The van der Waals surface area contributed by atoms with Crippen LogP contribution in [0.1, 0.15) is 116 Å². The molecule has 0 radical (unpaired) electrons. The summed E-state index contributed by atoms with van der Waals surface area (Å²) >= 11 is 0. The van der Waals surface area contributed by atoms with Crippen LogP contribution in [0.4, 0.5) is 4.39 Å². The molecule has 0 aromatic heterocycles. The van der Waals surface area contributed by atoms with E-state index in [0.29, 0.717) is 56.1 Å². The quantitative estimate of drug-likeness (QED) is 0.196. The number of aliphatic hydroxyl groups is 1. The third kappa shape index (κ3) is 17.1. The van der Waals surface area contributed by atoms with Gasteiger partial charge in [-0.1, -0.05) is 66.2 Å². The van der Waals surface area contributed by atoms with Crippen LogP contribution in [0.3, 0.4) is 0 Å². The number of amides is 2. The predicted molar refractivity (Wildman–Crippen MR) is 193 cm³/mol. The number of hydrogen-bond acceptors (Lipinski definition) is 6. The molecular formula is C38H65FN4O4. The highest BCUT2D eigenvalue weighted by Crippen LogP contribution is 2.26. The van der Waals surface area contributed by atoms with Crippen LogP contribution >= 0.6 is 0 Å². The van der Waals surface area contributed by atoms with Gasteiger partial charge in [0, 0.05) is 50.3 Å². The fraction of sp³-hybridized carbons (Fsp3) is 0.684. The molecule has 0 spiro atoms. The summed E-state index contributed by atoms with van der Waals surface area (Å²) < 4.78 is 14.2. The number of alkyl halides is 1. The van der Waals surface area contributed by atoms with Crippen LogP contribution in [0.15, 0.2) is 34.5 Å². The second-order valence-electron chi connectivity index (χ2n) is 12.5. The Morgan fingerprint density at radius 1 is 0.957 bits per heavy atom. The highest BCUT2D eigenvalue weighted by Gasteiger charge is 2.28. The minimum absolute atomic E-state index is 0.0192. The van der Waals surface area contributed by atoms with Crippen LogP contribution in [0.2, 0.25) is 0 Å². The fourth-order valence-corrected chi connectivity index (χ4v) is 4.96. The lowest BCUT2D eigenvalue weighted by molar-refractivity contribution is -0.130. The number of halogens is 1. The van der Waals surface area contributed by atoms with E-state index in [4.69, 9.17) is 10.8 Å². The molecule has 2 atom stereocenters.